The van der Waals surface area contributed by atoms with E-state index in [0.29, 0.717) is 19.6 Å². The molecule has 132 valence electrons. The van der Waals surface area contributed by atoms with E-state index in [-0.39, 0.29) is 42.2 Å². The summed E-state index contributed by atoms with van der Waals surface area (Å²) in [5.74, 6) is 0.258. The Morgan fingerprint density at radius 2 is 2.17 bits per heavy atom. The topological polar surface area (TPSA) is 97.4 Å². The van der Waals surface area contributed by atoms with Crippen LogP contribution in [0.5, 0.6) is 0 Å². The molecular formula is C11H18F3IN6O2. The first-order valence-electron chi connectivity index (χ1n) is 6.57. The molecule has 0 unspecified atom stereocenters. The Kier molecular flexibility index (Phi) is 9.52. The van der Waals surface area contributed by atoms with Gasteiger partial charge >= 0.3 is 11.9 Å². The summed E-state index contributed by atoms with van der Waals surface area (Å²) in [6.07, 6.45) is -2.83. The van der Waals surface area contributed by atoms with Crippen molar-refractivity contribution in [3.8, 4) is 0 Å². The molecule has 1 aromatic heterocycles. The minimum Gasteiger partial charge on any atom is -0.357 e. The molecule has 0 atom stereocenters. The van der Waals surface area contributed by atoms with Gasteiger partial charge in [0.2, 0.25) is 0 Å². The lowest BCUT2D eigenvalue weighted by molar-refractivity contribution is -0.385. The lowest BCUT2D eigenvalue weighted by atomic mass is 10.4. The van der Waals surface area contributed by atoms with Gasteiger partial charge in [-0.3, -0.25) is 19.8 Å². The minimum absolute atomic E-state index is 0. The van der Waals surface area contributed by atoms with E-state index in [0.717, 1.165) is 6.20 Å². The molecule has 0 saturated heterocycles. The van der Waals surface area contributed by atoms with Crippen LogP contribution in [0, 0.1) is 10.1 Å². The number of guanidine groups is 1. The summed E-state index contributed by atoms with van der Waals surface area (Å²) in [6, 6.07) is 0. The largest absolute Gasteiger partial charge is 0.390 e. The monoisotopic (exact) mass is 450 g/mol. The molecule has 0 saturated carbocycles. The van der Waals surface area contributed by atoms with Gasteiger partial charge in [-0.1, -0.05) is 0 Å². The van der Waals surface area contributed by atoms with Crippen LogP contribution in [0.4, 0.5) is 18.9 Å². The molecule has 0 aromatic carbocycles. The second kappa shape index (κ2) is 10.2. The summed E-state index contributed by atoms with van der Waals surface area (Å²) >= 11 is 0. The molecule has 1 rings (SSSR count). The molecule has 12 heteroatoms. The third-order valence-electron chi connectivity index (χ3n) is 2.47. The van der Waals surface area contributed by atoms with E-state index in [4.69, 9.17) is 0 Å². The second-order valence-corrected chi connectivity index (χ2v) is 4.27. The van der Waals surface area contributed by atoms with Crippen molar-refractivity contribution in [1.82, 2.24) is 20.4 Å². The van der Waals surface area contributed by atoms with Gasteiger partial charge in [-0.25, -0.2) is 0 Å². The van der Waals surface area contributed by atoms with Crippen molar-refractivity contribution in [3.63, 3.8) is 0 Å². The number of hydrogen-bond acceptors (Lipinski definition) is 4. The van der Waals surface area contributed by atoms with Gasteiger partial charge in [0.1, 0.15) is 12.4 Å². The summed E-state index contributed by atoms with van der Waals surface area (Å²) in [6.45, 7) is 2.56. The zero-order chi connectivity index (χ0) is 16.6. The molecule has 23 heavy (non-hydrogen) atoms. The molecule has 0 bridgehead atoms. The van der Waals surface area contributed by atoms with Gasteiger partial charge < -0.3 is 10.6 Å². The van der Waals surface area contributed by atoms with Gasteiger partial charge in [-0.15, -0.1) is 24.0 Å². The molecular weight excluding hydrogens is 432 g/mol. The maximum Gasteiger partial charge on any atom is 0.390 e. The third-order valence-corrected chi connectivity index (χ3v) is 2.47. The number of halogens is 4. The van der Waals surface area contributed by atoms with Crippen LogP contribution in [0.3, 0.4) is 0 Å². The van der Waals surface area contributed by atoms with Crippen molar-refractivity contribution in [2.24, 2.45) is 4.99 Å². The Labute approximate surface area is 147 Å². The van der Waals surface area contributed by atoms with Crippen molar-refractivity contribution >= 4 is 35.6 Å². The van der Waals surface area contributed by atoms with Crippen LogP contribution in [0.25, 0.3) is 0 Å². The normalized spacial score (nSPS) is 11.7. The van der Waals surface area contributed by atoms with E-state index >= 15 is 0 Å². The summed E-state index contributed by atoms with van der Waals surface area (Å²) < 4.78 is 37.5. The van der Waals surface area contributed by atoms with E-state index in [1.807, 2.05) is 0 Å². The van der Waals surface area contributed by atoms with Gasteiger partial charge in [-0.2, -0.15) is 18.3 Å². The summed E-state index contributed by atoms with van der Waals surface area (Å²) in [5.41, 5.74) is -0.120. The quantitative estimate of drug-likeness (QED) is 0.218. The lowest BCUT2D eigenvalue weighted by Gasteiger charge is -2.11. The first kappa shape index (κ1) is 21.4. The predicted octanol–water partition coefficient (Wildman–Crippen LogP) is 1.92. The standard InChI is InChI=1S/C11H17F3N6O2.HI/c1-2-15-10(16-4-3-11(12,13)14)17-5-6-19-8-9(7-18-19)20(21)22;/h7-8H,2-6H2,1H3,(H2,15,16,17);1H. The van der Waals surface area contributed by atoms with Crippen molar-refractivity contribution < 1.29 is 18.1 Å². The second-order valence-electron chi connectivity index (χ2n) is 4.27. The Morgan fingerprint density at radius 3 is 2.70 bits per heavy atom. The summed E-state index contributed by atoms with van der Waals surface area (Å²) in [7, 11) is 0. The van der Waals surface area contributed by atoms with Crippen molar-refractivity contribution in [3.05, 3.63) is 22.5 Å². The average Bonchev–Trinajstić information content (AvgIpc) is 2.86. The number of aromatic nitrogens is 2. The molecule has 0 amide bonds. The van der Waals surface area contributed by atoms with E-state index < -0.39 is 17.5 Å². The highest BCUT2D eigenvalue weighted by atomic mass is 127. The smallest absolute Gasteiger partial charge is 0.357 e. The van der Waals surface area contributed by atoms with Crippen LogP contribution in [-0.2, 0) is 6.54 Å². The molecule has 1 aromatic rings. The SMILES string of the molecule is CCNC(=NCCC(F)(F)F)NCCn1cc([N+](=O)[O-])cn1.I. The number of aliphatic imine (C=N–C) groups is 1. The number of nitrogens with one attached hydrogen (secondary N) is 2. The van der Waals surface area contributed by atoms with Crippen LogP contribution in [0.15, 0.2) is 17.4 Å². The summed E-state index contributed by atoms with van der Waals surface area (Å²) in [5, 5.41) is 19.9. The fourth-order valence-corrected chi connectivity index (χ4v) is 1.49. The molecule has 0 spiro atoms. The van der Waals surface area contributed by atoms with Gasteiger partial charge in [0.25, 0.3) is 0 Å². The van der Waals surface area contributed by atoms with Crippen molar-refractivity contribution in [1.29, 1.82) is 0 Å². The van der Waals surface area contributed by atoms with Gasteiger partial charge in [-0.05, 0) is 6.92 Å². The molecule has 8 nitrogen and oxygen atoms in total. The molecule has 1 heterocycles. The van der Waals surface area contributed by atoms with E-state index in [9.17, 15) is 23.3 Å². The van der Waals surface area contributed by atoms with Crippen molar-refractivity contribution in [2.45, 2.75) is 26.1 Å². The maximum absolute atomic E-state index is 12.1. The molecule has 0 fully saturated rings. The predicted molar refractivity (Wildman–Crippen MR) is 88.9 cm³/mol. The van der Waals surface area contributed by atoms with Gasteiger partial charge in [0.05, 0.1) is 24.4 Å². The van der Waals surface area contributed by atoms with E-state index in [1.54, 1.807) is 6.92 Å². The number of nitrogens with zero attached hydrogens (tertiary/aromatic N) is 4. The lowest BCUT2D eigenvalue weighted by Crippen LogP contribution is -2.39. The Bertz CT molecular complexity index is 520. The van der Waals surface area contributed by atoms with Gasteiger partial charge in [0.15, 0.2) is 5.96 Å². The first-order valence-corrected chi connectivity index (χ1v) is 6.57. The Morgan fingerprint density at radius 1 is 1.48 bits per heavy atom. The highest BCUT2D eigenvalue weighted by Crippen LogP contribution is 2.18. The molecule has 0 aliphatic heterocycles. The number of nitro groups is 1. The van der Waals surface area contributed by atoms with Gasteiger partial charge in [0, 0.05) is 13.1 Å². The molecule has 2 N–H and O–H groups in total. The first-order chi connectivity index (χ1) is 10.3. The Hall–Kier alpha value is -1.60. The fraction of sp³-hybridized carbons (Fsp3) is 0.636. The van der Waals surface area contributed by atoms with Crippen molar-refractivity contribution in [2.75, 3.05) is 19.6 Å². The zero-order valence-corrected chi connectivity index (χ0v) is 14.7. The zero-order valence-electron chi connectivity index (χ0n) is 12.3. The highest BCUT2D eigenvalue weighted by molar-refractivity contribution is 14.0. The highest BCUT2D eigenvalue weighted by Gasteiger charge is 2.26. The van der Waals surface area contributed by atoms with E-state index in [2.05, 4.69) is 20.7 Å². The average molecular weight is 450 g/mol. The third kappa shape index (κ3) is 9.20. The minimum atomic E-state index is -4.24. The number of hydrogen-bond donors (Lipinski definition) is 2. The van der Waals surface area contributed by atoms with Crippen LogP contribution in [-0.4, -0.2) is 46.5 Å². The fourth-order valence-electron chi connectivity index (χ4n) is 1.49. The maximum atomic E-state index is 12.1. The van der Waals surface area contributed by atoms with Crippen LogP contribution in [0.1, 0.15) is 13.3 Å². The number of alkyl halides is 3. The summed E-state index contributed by atoms with van der Waals surface area (Å²) in [4.78, 5) is 13.7. The van der Waals surface area contributed by atoms with Crippen LogP contribution >= 0.6 is 24.0 Å². The van der Waals surface area contributed by atoms with Crippen LogP contribution < -0.4 is 10.6 Å². The Balaban J connectivity index is 0.00000484. The van der Waals surface area contributed by atoms with Crippen LogP contribution in [0.2, 0.25) is 0 Å². The number of rotatable bonds is 7. The van der Waals surface area contributed by atoms with E-state index in [1.165, 1.54) is 10.9 Å². The molecule has 0 radical (unpaired) electrons. The molecule has 0 aliphatic carbocycles. The molecule has 0 aliphatic rings.